The SMILES string of the molecule is CC/C(C)=C(/N=C(Nn1c2ccccc2c2cc(-c3ccc4c(c3)c3ccccc3n4-c3ccccc3)ccc21)c1ccccc1)c1ccccc1. The van der Waals surface area contributed by atoms with Crippen LogP contribution >= 0.6 is 0 Å². The zero-order valence-corrected chi connectivity index (χ0v) is 29.3. The molecule has 0 saturated heterocycles. The number of nitrogens with zero attached hydrogens (tertiary/aromatic N) is 3. The van der Waals surface area contributed by atoms with Crippen LogP contribution in [0.5, 0.6) is 0 Å². The molecule has 7 aromatic carbocycles. The lowest BCUT2D eigenvalue weighted by Crippen LogP contribution is -2.24. The Morgan fingerprint density at radius 2 is 0.981 bits per heavy atom. The van der Waals surface area contributed by atoms with Gasteiger partial charge < -0.3 is 4.57 Å². The van der Waals surface area contributed by atoms with Crippen molar-refractivity contribution in [1.29, 1.82) is 0 Å². The molecule has 2 heterocycles. The van der Waals surface area contributed by atoms with Gasteiger partial charge in [0.25, 0.3) is 0 Å². The molecular formula is C48H38N4. The fourth-order valence-corrected chi connectivity index (χ4v) is 7.42. The molecule has 0 fully saturated rings. The molecule has 0 amide bonds. The van der Waals surface area contributed by atoms with E-state index in [1.165, 1.54) is 49.3 Å². The Labute approximate surface area is 303 Å². The van der Waals surface area contributed by atoms with Crippen molar-refractivity contribution in [3.63, 3.8) is 0 Å². The summed E-state index contributed by atoms with van der Waals surface area (Å²) in [6.45, 7) is 4.36. The van der Waals surface area contributed by atoms with Crippen molar-refractivity contribution < 1.29 is 0 Å². The lowest BCUT2D eigenvalue weighted by atomic mass is 10.0. The molecule has 0 spiro atoms. The molecule has 0 saturated carbocycles. The van der Waals surface area contributed by atoms with Crippen LogP contribution in [0, 0.1) is 0 Å². The minimum Gasteiger partial charge on any atom is -0.309 e. The maximum atomic E-state index is 5.38. The number of nitrogens with one attached hydrogen (secondary N) is 1. The van der Waals surface area contributed by atoms with Crippen molar-refractivity contribution in [2.24, 2.45) is 4.99 Å². The van der Waals surface area contributed by atoms with Gasteiger partial charge in [-0.1, -0.05) is 134 Å². The fraction of sp³-hybridized carbons (Fsp3) is 0.0625. The Hall–Kier alpha value is -6.65. The zero-order valence-electron chi connectivity index (χ0n) is 29.3. The topological polar surface area (TPSA) is 34.2 Å². The van der Waals surface area contributed by atoms with Gasteiger partial charge in [0.15, 0.2) is 5.84 Å². The van der Waals surface area contributed by atoms with Gasteiger partial charge in [-0.3, -0.25) is 10.1 Å². The molecule has 1 N–H and O–H groups in total. The average Bonchev–Trinajstić information content (AvgIpc) is 3.71. The van der Waals surface area contributed by atoms with Crippen molar-refractivity contribution in [3.8, 4) is 16.8 Å². The van der Waals surface area contributed by atoms with E-state index in [4.69, 9.17) is 4.99 Å². The van der Waals surface area contributed by atoms with Gasteiger partial charge in [0.2, 0.25) is 0 Å². The quantitative estimate of drug-likeness (QED) is 0.133. The van der Waals surface area contributed by atoms with Crippen molar-refractivity contribution in [3.05, 3.63) is 193 Å². The number of hydrogen-bond acceptors (Lipinski definition) is 1. The number of para-hydroxylation sites is 3. The number of hydrogen-bond donors (Lipinski definition) is 1. The van der Waals surface area contributed by atoms with E-state index < -0.39 is 0 Å². The first-order valence-electron chi connectivity index (χ1n) is 18.0. The highest BCUT2D eigenvalue weighted by molar-refractivity contribution is 6.14. The molecule has 4 nitrogen and oxygen atoms in total. The number of aliphatic imine (C=N–C) groups is 1. The Morgan fingerprint density at radius 3 is 1.63 bits per heavy atom. The van der Waals surface area contributed by atoms with Crippen LogP contribution in [-0.2, 0) is 0 Å². The highest BCUT2D eigenvalue weighted by Crippen LogP contribution is 2.37. The molecule has 2 aromatic heterocycles. The summed E-state index contributed by atoms with van der Waals surface area (Å²) < 4.78 is 4.56. The largest absolute Gasteiger partial charge is 0.309 e. The summed E-state index contributed by atoms with van der Waals surface area (Å²) in [6.07, 6.45) is 0.909. The molecule has 0 aliphatic carbocycles. The molecular weight excluding hydrogens is 633 g/mol. The number of amidine groups is 1. The lowest BCUT2D eigenvalue weighted by molar-refractivity contribution is 1.07. The van der Waals surface area contributed by atoms with Crippen LogP contribution in [0.1, 0.15) is 31.4 Å². The van der Waals surface area contributed by atoms with Crippen LogP contribution in [0.15, 0.2) is 186 Å². The minimum atomic E-state index is 0.791. The second-order valence-electron chi connectivity index (χ2n) is 13.3. The average molecular weight is 671 g/mol. The van der Waals surface area contributed by atoms with E-state index in [0.29, 0.717) is 0 Å². The maximum absolute atomic E-state index is 5.38. The summed E-state index contributed by atoms with van der Waals surface area (Å²) in [6, 6.07) is 62.5. The summed E-state index contributed by atoms with van der Waals surface area (Å²) in [5.41, 5.74) is 16.3. The first-order valence-corrected chi connectivity index (χ1v) is 18.0. The zero-order chi connectivity index (χ0) is 35.0. The summed E-state index contributed by atoms with van der Waals surface area (Å²) in [4.78, 5) is 5.38. The van der Waals surface area contributed by atoms with Gasteiger partial charge in [0.05, 0.1) is 27.8 Å². The fourth-order valence-electron chi connectivity index (χ4n) is 7.42. The molecule has 0 radical (unpaired) electrons. The molecule has 4 heteroatoms. The third-order valence-electron chi connectivity index (χ3n) is 10.2. The van der Waals surface area contributed by atoms with Crippen LogP contribution < -0.4 is 5.43 Å². The van der Waals surface area contributed by atoms with E-state index in [-0.39, 0.29) is 0 Å². The highest BCUT2D eigenvalue weighted by Gasteiger charge is 2.17. The Kier molecular flexibility index (Phi) is 7.98. The van der Waals surface area contributed by atoms with Crippen LogP contribution in [0.4, 0.5) is 0 Å². The van der Waals surface area contributed by atoms with E-state index in [1.54, 1.807) is 0 Å². The van der Waals surface area contributed by atoms with Crippen molar-refractivity contribution in [2.45, 2.75) is 20.3 Å². The Balaban J connectivity index is 1.19. The van der Waals surface area contributed by atoms with E-state index in [2.05, 4.69) is 198 Å². The number of aromatic nitrogens is 2. The Morgan fingerprint density at radius 1 is 0.500 bits per heavy atom. The highest BCUT2D eigenvalue weighted by atomic mass is 15.4. The summed E-state index contributed by atoms with van der Waals surface area (Å²) in [7, 11) is 0. The monoisotopic (exact) mass is 670 g/mol. The van der Waals surface area contributed by atoms with Gasteiger partial charge in [-0.05, 0) is 78.6 Å². The van der Waals surface area contributed by atoms with Crippen LogP contribution in [0.25, 0.3) is 66.1 Å². The number of rotatable bonds is 7. The first kappa shape index (κ1) is 31.3. The van der Waals surface area contributed by atoms with E-state index >= 15 is 0 Å². The molecule has 0 unspecified atom stereocenters. The van der Waals surface area contributed by atoms with Gasteiger partial charge in [-0.2, -0.15) is 0 Å². The van der Waals surface area contributed by atoms with Crippen LogP contribution in [0.2, 0.25) is 0 Å². The summed E-state index contributed by atoms with van der Waals surface area (Å²) >= 11 is 0. The molecule has 0 bridgehead atoms. The predicted octanol–water partition coefficient (Wildman–Crippen LogP) is 12.4. The van der Waals surface area contributed by atoms with Crippen molar-refractivity contribution in [1.82, 2.24) is 9.24 Å². The number of benzene rings is 7. The predicted molar refractivity (Wildman–Crippen MR) is 221 cm³/mol. The molecule has 9 aromatic rings. The second-order valence-corrected chi connectivity index (χ2v) is 13.3. The van der Waals surface area contributed by atoms with Crippen molar-refractivity contribution >= 4 is 55.1 Å². The molecule has 9 rings (SSSR count). The van der Waals surface area contributed by atoms with Crippen LogP contribution in [-0.4, -0.2) is 15.1 Å². The third kappa shape index (κ3) is 5.46. The maximum Gasteiger partial charge on any atom is 0.152 e. The summed E-state index contributed by atoms with van der Waals surface area (Å²) in [5.74, 6) is 0.791. The lowest BCUT2D eigenvalue weighted by Gasteiger charge is -2.16. The molecule has 0 aliphatic heterocycles. The standard InChI is InChI=1S/C48H38N4/c1-3-33(2)47(34-17-7-4-8-18-34)49-48(35-19-9-5-10-20-35)50-52-45-26-16-14-24-40(45)42-32-37(28-30-46(42)52)36-27-29-44-41(31-36)39-23-13-15-25-43(39)51(44)38-21-11-6-12-22-38/h4-32H,3H2,1-2H3,(H,49,50)/b47-33+. The third-order valence-corrected chi connectivity index (χ3v) is 10.2. The van der Waals surface area contributed by atoms with Gasteiger partial charge in [0.1, 0.15) is 0 Å². The molecule has 0 aliphatic rings. The van der Waals surface area contributed by atoms with Crippen LogP contribution in [0.3, 0.4) is 0 Å². The second kappa shape index (κ2) is 13.2. The summed E-state index contributed by atoms with van der Waals surface area (Å²) in [5, 5.41) is 4.86. The molecule has 250 valence electrons. The number of allylic oxidation sites excluding steroid dienone is 1. The molecule has 52 heavy (non-hydrogen) atoms. The van der Waals surface area contributed by atoms with Gasteiger partial charge in [-0.25, -0.2) is 4.99 Å². The van der Waals surface area contributed by atoms with E-state index in [1.807, 2.05) is 6.07 Å². The van der Waals surface area contributed by atoms with Gasteiger partial charge >= 0.3 is 0 Å². The number of fused-ring (bicyclic) bond motifs is 6. The van der Waals surface area contributed by atoms with E-state index in [0.717, 1.165) is 45.8 Å². The minimum absolute atomic E-state index is 0.791. The van der Waals surface area contributed by atoms with Gasteiger partial charge in [-0.15, -0.1) is 0 Å². The van der Waals surface area contributed by atoms with Gasteiger partial charge in [0, 0.05) is 38.4 Å². The van der Waals surface area contributed by atoms with E-state index in [9.17, 15) is 0 Å². The first-order chi connectivity index (χ1) is 25.7. The Bertz CT molecular complexity index is 2790. The smallest absolute Gasteiger partial charge is 0.152 e. The normalized spacial score (nSPS) is 12.5. The van der Waals surface area contributed by atoms with Crippen molar-refractivity contribution in [2.75, 3.05) is 5.43 Å². The molecule has 0 atom stereocenters.